The molecular formula is C12H13Br2ClO. The molecule has 2 rings (SSSR count). The van der Waals surface area contributed by atoms with Crippen LogP contribution in [0.4, 0.5) is 0 Å². The number of aryl methyl sites for hydroxylation is 1. The van der Waals surface area contributed by atoms with Gasteiger partial charge in [0.25, 0.3) is 0 Å². The minimum absolute atomic E-state index is 0.0220. The third kappa shape index (κ3) is 2.63. The predicted molar refractivity (Wildman–Crippen MR) is 74.1 cm³/mol. The fraction of sp³-hybridized carbons (Fsp3) is 0.500. The monoisotopic (exact) mass is 366 g/mol. The van der Waals surface area contributed by atoms with Gasteiger partial charge in [-0.15, -0.1) is 11.6 Å². The van der Waals surface area contributed by atoms with Crippen molar-refractivity contribution in [3.05, 3.63) is 32.2 Å². The molecule has 0 bridgehead atoms. The molecule has 1 aromatic rings. The first kappa shape index (κ1) is 12.9. The summed E-state index contributed by atoms with van der Waals surface area (Å²) < 4.78 is 7.57. The maximum absolute atomic E-state index is 6.51. The van der Waals surface area contributed by atoms with E-state index in [0.717, 1.165) is 34.1 Å². The van der Waals surface area contributed by atoms with E-state index < -0.39 is 0 Å². The molecule has 1 fully saturated rings. The van der Waals surface area contributed by atoms with E-state index in [1.165, 1.54) is 5.56 Å². The Bertz CT molecular complexity index is 389. The lowest BCUT2D eigenvalue weighted by Gasteiger charge is -2.18. The molecule has 2 atom stereocenters. The molecule has 0 amide bonds. The lowest BCUT2D eigenvalue weighted by molar-refractivity contribution is 0.185. The number of rotatable bonds is 2. The van der Waals surface area contributed by atoms with Gasteiger partial charge < -0.3 is 4.74 Å². The van der Waals surface area contributed by atoms with E-state index in [2.05, 4.69) is 50.9 Å². The highest BCUT2D eigenvalue weighted by Gasteiger charge is 2.27. The molecule has 1 heterocycles. The van der Waals surface area contributed by atoms with Crippen molar-refractivity contribution in [2.24, 2.45) is 5.92 Å². The molecule has 1 aromatic carbocycles. The van der Waals surface area contributed by atoms with Crippen molar-refractivity contribution < 1.29 is 4.74 Å². The van der Waals surface area contributed by atoms with Crippen molar-refractivity contribution in [1.29, 1.82) is 0 Å². The molecule has 0 radical (unpaired) electrons. The molecule has 16 heavy (non-hydrogen) atoms. The quantitative estimate of drug-likeness (QED) is 0.679. The Morgan fingerprint density at radius 2 is 2.12 bits per heavy atom. The Balaban J connectivity index is 2.28. The number of alkyl halides is 1. The van der Waals surface area contributed by atoms with Crippen molar-refractivity contribution in [3.8, 4) is 0 Å². The van der Waals surface area contributed by atoms with Gasteiger partial charge in [-0.2, -0.15) is 0 Å². The third-order valence-corrected chi connectivity index (χ3v) is 5.09. The molecule has 1 nitrogen and oxygen atoms in total. The Labute approximate surface area is 118 Å². The number of ether oxygens (including phenoxy) is 1. The van der Waals surface area contributed by atoms with Crippen LogP contribution in [0.5, 0.6) is 0 Å². The van der Waals surface area contributed by atoms with E-state index in [4.69, 9.17) is 16.3 Å². The van der Waals surface area contributed by atoms with Crippen LogP contribution >= 0.6 is 43.5 Å². The van der Waals surface area contributed by atoms with E-state index in [1.807, 2.05) is 0 Å². The van der Waals surface area contributed by atoms with E-state index in [9.17, 15) is 0 Å². The zero-order chi connectivity index (χ0) is 11.7. The van der Waals surface area contributed by atoms with Gasteiger partial charge >= 0.3 is 0 Å². The van der Waals surface area contributed by atoms with Gasteiger partial charge in [0.15, 0.2) is 0 Å². The van der Waals surface area contributed by atoms with Crippen LogP contribution in [-0.2, 0) is 4.74 Å². The lowest BCUT2D eigenvalue weighted by atomic mass is 9.97. The highest BCUT2D eigenvalue weighted by molar-refractivity contribution is 9.11. The lowest BCUT2D eigenvalue weighted by Crippen LogP contribution is -2.08. The molecule has 0 spiro atoms. The van der Waals surface area contributed by atoms with Crippen LogP contribution in [-0.4, -0.2) is 13.2 Å². The minimum Gasteiger partial charge on any atom is -0.381 e. The van der Waals surface area contributed by atoms with Crippen molar-refractivity contribution >= 4 is 43.5 Å². The van der Waals surface area contributed by atoms with Gasteiger partial charge in [-0.3, -0.25) is 0 Å². The van der Waals surface area contributed by atoms with E-state index in [-0.39, 0.29) is 5.38 Å². The van der Waals surface area contributed by atoms with Gasteiger partial charge in [0.05, 0.1) is 12.0 Å². The van der Waals surface area contributed by atoms with E-state index in [0.29, 0.717) is 5.92 Å². The summed E-state index contributed by atoms with van der Waals surface area (Å²) in [6.07, 6.45) is 1.05. The van der Waals surface area contributed by atoms with Crippen LogP contribution in [0.15, 0.2) is 21.1 Å². The highest BCUT2D eigenvalue weighted by Crippen LogP contribution is 2.39. The molecule has 0 aliphatic carbocycles. The van der Waals surface area contributed by atoms with Gasteiger partial charge in [-0.05, 0) is 36.6 Å². The second kappa shape index (κ2) is 5.38. The second-order valence-electron chi connectivity index (χ2n) is 4.15. The Morgan fingerprint density at radius 3 is 2.75 bits per heavy atom. The maximum atomic E-state index is 6.51. The van der Waals surface area contributed by atoms with Crippen LogP contribution in [0.3, 0.4) is 0 Å². The molecule has 2 unspecified atom stereocenters. The summed E-state index contributed by atoms with van der Waals surface area (Å²) in [4.78, 5) is 0. The number of benzene rings is 1. The van der Waals surface area contributed by atoms with E-state index >= 15 is 0 Å². The molecular weight excluding hydrogens is 355 g/mol. The SMILES string of the molecule is Cc1cc(Br)c(C(Cl)C2CCOC2)cc1Br. The van der Waals surface area contributed by atoms with Gasteiger partial charge in [0.1, 0.15) is 0 Å². The first-order chi connectivity index (χ1) is 7.59. The molecule has 0 aromatic heterocycles. The molecule has 0 saturated carbocycles. The third-order valence-electron chi connectivity index (χ3n) is 2.95. The minimum atomic E-state index is 0.0220. The smallest absolute Gasteiger partial charge is 0.0647 e. The van der Waals surface area contributed by atoms with Gasteiger partial charge in [0.2, 0.25) is 0 Å². The first-order valence-electron chi connectivity index (χ1n) is 5.27. The van der Waals surface area contributed by atoms with Crippen molar-refractivity contribution in [3.63, 3.8) is 0 Å². The first-order valence-corrected chi connectivity index (χ1v) is 7.29. The average Bonchev–Trinajstić information content (AvgIpc) is 2.75. The molecule has 1 aliphatic heterocycles. The Hall–Kier alpha value is 0.430. The summed E-state index contributed by atoms with van der Waals surface area (Å²) in [6.45, 7) is 3.67. The molecule has 1 aliphatic rings. The van der Waals surface area contributed by atoms with Gasteiger partial charge in [-0.25, -0.2) is 0 Å². The number of hydrogen-bond acceptors (Lipinski definition) is 1. The normalized spacial score (nSPS) is 22.4. The van der Waals surface area contributed by atoms with Gasteiger partial charge in [-0.1, -0.05) is 31.9 Å². The van der Waals surface area contributed by atoms with Crippen LogP contribution in [0, 0.1) is 12.8 Å². The van der Waals surface area contributed by atoms with Crippen LogP contribution in [0.2, 0.25) is 0 Å². The maximum Gasteiger partial charge on any atom is 0.0647 e. The average molecular weight is 368 g/mol. The molecule has 1 saturated heterocycles. The van der Waals surface area contributed by atoms with Crippen molar-refractivity contribution in [1.82, 2.24) is 0 Å². The summed E-state index contributed by atoms with van der Waals surface area (Å²) in [5, 5.41) is 0.0220. The number of halogens is 3. The zero-order valence-corrected chi connectivity index (χ0v) is 12.9. The summed E-state index contributed by atoms with van der Waals surface area (Å²) >= 11 is 13.6. The zero-order valence-electron chi connectivity index (χ0n) is 8.97. The Morgan fingerprint density at radius 1 is 1.38 bits per heavy atom. The van der Waals surface area contributed by atoms with Crippen molar-refractivity contribution in [2.75, 3.05) is 13.2 Å². The van der Waals surface area contributed by atoms with Gasteiger partial charge in [0, 0.05) is 21.5 Å². The largest absolute Gasteiger partial charge is 0.381 e. The fourth-order valence-corrected chi connectivity index (χ4v) is 3.49. The molecule has 88 valence electrons. The fourth-order valence-electron chi connectivity index (χ4n) is 1.91. The van der Waals surface area contributed by atoms with Crippen LogP contribution < -0.4 is 0 Å². The second-order valence-corrected chi connectivity index (χ2v) is 6.33. The molecule has 4 heteroatoms. The predicted octanol–water partition coefficient (Wildman–Crippen LogP) is 4.84. The standard InChI is InChI=1S/C12H13Br2ClO/c1-7-4-11(14)9(5-10(7)13)12(15)8-2-3-16-6-8/h4-5,8,12H,2-3,6H2,1H3. The van der Waals surface area contributed by atoms with Crippen molar-refractivity contribution in [2.45, 2.75) is 18.7 Å². The molecule has 0 N–H and O–H groups in total. The summed E-state index contributed by atoms with van der Waals surface area (Å²) in [5.74, 6) is 0.424. The van der Waals surface area contributed by atoms with Crippen LogP contribution in [0.1, 0.15) is 22.9 Å². The summed E-state index contributed by atoms with van der Waals surface area (Å²) in [5.41, 5.74) is 2.36. The van der Waals surface area contributed by atoms with Crippen LogP contribution in [0.25, 0.3) is 0 Å². The number of hydrogen-bond donors (Lipinski definition) is 0. The summed E-state index contributed by atoms with van der Waals surface area (Å²) in [6, 6.07) is 4.21. The van der Waals surface area contributed by atoms with E-state index in [1.54, 1.807) is 0 Å². The highest BCUT2D eigenvalue weighted by atomic mass is 79.9. The summed E-state index contributed by atoms with van der Waals surface area (Å²) in [7, 11) is 0. The Kier molecular flexibility index (Phi) is 4.33. The topological polar surface area (TPSA) is 9.23 Å².